The number of piperidine rings is 1. The Bertz CT molecular complexity index is 880. The van der Waals surface area contributed by atoms with Crippen LogP contribution in [0, 0.1) is 0 Å². The fourth-order valence-electron chi connectivity index (χ4n) is 2.94. The van der Waals surface area contributed by atoms with Gasteiger partial charge in [-0.3, -0.25) is 10.1 Å². The van der Waals surface area contributed by atoms with Gasteiger partial charge in [0.05, 0.1) is 0 Å². The lowest BCUT2D eigenvalue weighted by atomic mass is 10.1. The first-order chi connectivity index (χ1) is 11.7. The van der Waals surface area contributed by atoms with E-state index >= 15 is 0 Å². The number of halogens is 1. The van der Waals surface area contributed by atoms with Gasteiger partial charge in [0.25, 0.3) is 5.91 Å². The molecule has 24 heavy (non-hydrogen) atoms. The summed E-state index contributed by atoms with van der Waals surface area (Å²) in [6, 6.07) is 7.66. The highest BCUT2D eigenvalue weighted by molar-refractivity contribution is 9.10. The number of fused-ring (bicyclic) bond motifs is 1. The molecule has 1 amide bonds. The van der Waals surface area contributed by atoms with Gasteiger partial charge in [-0.05, 0) is 37.5 Å². The first-order valence-electron chi connectivity index (χ1n) is 7.96. The quantitative estimate of drug-likeness (QED) is 0.641. The third-order valence-corrected chi connectivity index (χ3v) is 4.67. The second-order valence-corrected chi connectivity index (χ2v) is 6.82. The molecule has 0 aliphatic carbocycles. The zero-order chi connectivity index (χ0) is 16.5. The Hall–Kier alpha value is -2.35. The Morgan fingerprint density at radius 1 is 1.21 bits per heavy atom. The molecule has 0 atom stereocenters. The van der Waals surface area contributed by atoms with E-state index in [4.69, 9.17) is 0 Å². The van der Waals surface area contributed by atoms with Gasteiger partial charge in [-0.2, -0.15) is 4.98 Å². The summed E-state index contributed by atoms with van der Waals surface area (Å²) in [7, 11) is 0. The summed E-state index contributed by atoms with van der Waals surface area (Å²) in [6.45, 7) is 1.92. The van der Waals surface area contributed by atoms with Crippen molar-refractivity contribution in [2.24, 2.45) is 0 Å². The number of anilines is 2. The number of nitrogens with zero attached hydrogens (tertiary/aromatic N) is 3. The zero-order valence-electron chi connectivity index (χ0n) is 13.0. The van der Waals surface area contributed by atoms with E-state index in [0.717, 1.165) is 41.3 Å². The molecule has 1 saturated heterocycles. The maximum Gasteiger partial charge on any atom is 0.274 e. The highest BCUT2D eigenvalue weighted by atomic mass is 79.9. The Morgan fingerprint density at radius 2 is 2.04 bits per heavy atom. The number of amides is 1. The van der Waals surface area contributed by atoms with E-state index in [-0.39, 0.29) is 5.91 Å². The number of H-pyrrole nitrogens is 2. The van der Waals surface area contributed by atoms with Gasteiger partial charge in [0.1, 0.15) is 5.69 Å². The van der Waals surface area contributed by atoms with Crippen LogP contribution in [-0.4, -0.2) is 39.2 Å². The number of carbonyl (C=O) groups excluding carboxylic acids is 1. The van der Waals surface area contributed by atoms with Gasteiger partial charge >= 0.3 is 0 Å². The number of rotatable bonds is 3. The zero-order valence-corrected chi connectivity index (χ0v) is 14.6. The summed E-state index contributed by atoms with van der Waals surface area (Å²) < 4.78 is 0.963. The molecule has 0 spiro atoms. The lowest BCUT2D eigenvalue weighted by Gasteiger charge is -2.24. The van der Waals surface area contributed by atoms with Gasteiger partial charge in [0.2, 0.25) is 11.9 Å². The molecule has 8 heteroatoms. The molecule has 7 nitrogen and oxygen atoms in total. The van der Waals surface area contributed by atoms with E-state index in [9.17, 15) is 4.79 Å². The van der Waals surface area contributed by atoms with Crippen LogP contribution >= 0.6 is 15.9 Å². The van der Waals surface area contributed by atoms with Gasteiger partial charge in [-0.25, -0.2) is 5.10 Å². The van der Waals surface area contributed by atoms with Crippen LogP contribution in [-0.2, 0) is 0 Å². The molecule has 1 aliphatic rings. The van der Waals surface area contributed by atoms with E-state index in [1.54, 1.807) is 0 Å². The molecule has 3 heterocycles. The molecule has 0 radical (unpaired) electrons. The molecule has 124 valence electrons. The van der Waals surface area contributed by atoms with Gasteiger partial charge in [-0.15, -0.1) is 5.10 Å². The summed E-state index contributed by atoms with van der Waals surface area (Å²) in [5, 5.41) is 10.7. The predicted molar refractivity (Wildman–Crippen MR) is 96.4 cm³/mol. The number of hydrogen-bond donors (Lipinski definition) is 3. The van der Waals surface area contributed by atoms with Crippen LogP contribution < -0.4 is 10.2 Å². The van der Waals surface area contributed by atoms with Gasteiger partial charge < -0.3 is 9.88 Å². The van der Waals surface area contributed by atoms with Crippen molar-refractivity contribution in [3.63, 3.8) is 0 Å². The summed E-state index contributed by atoms with van der Waals surface area (Å²) in [5.74, 6) is 0.759. The number of nitrogens with one attached hydrogen (secondary N) is 3. The predicted octanol–water partition coefficient (Wildman–Crippen LogP) is 3.29. The molecular weight excluding hydrogens is 372 g/mol. The smallest absolute Gasteiger partial charge is 0.274 e. The third kappa shape index (κ3) is 3.01. The minimum atomic E-state index is -0.247. The van der Waals surface area contributed by atoms with Crippen molar-refractivity contribution in [1.82, 2.24) is 20.2 Å². The molecule has 0 unspecified atom stereocenters. The Labute approximate surface area is 147 Å². The van der Waals surface area contributed by atoms with Crippen LogP contribution in [0.3, 0.4) is 0 Å². The fourth-order valence-corrected chi connectivity index (χ4v) is 3.30. The third-order valence-electron chi connectivity index (χ3n) is 4.17. The SMILES string of the molecule is O=C(Nc1nc(N2CCCCC2)n[nH]1)c1cc2ccc(Br)cc2[nH]1. The molecule has 1 fully saturated rings. The largest absolute Gasteiger partial charge is 0.350 e. The van der Waals surface area contributed by atoms with Crippen LogP contribution in [0.1, 0.15) is 29.8 Å². The average Bonchev–Trinajstić information content (AvgIpc) is 3.22. The van der Waals surface area contributed by atoms with Crippen LogP contribution in [0.25, 0.3) is 10.9 Å². The highest BCUT2D eigenvalue weighted by Crippen LogP contribution is 2.21. The van der Waals surface area contributed by atoms with Crippen LogP contribution in [0.4, 0.5) is 11.9 Å². The van der Waals surface area contributed by atoms with E-state index in [1.165, 1.54) is 6.42 Å². The number of aromatic nitrogens is 4. The standard InChI is InChI=1S/C16H17BrN6O/c17-11-5-4-10-8-13(18-12(10)9-11)14(24)19-15-20-16(22-21-15)23-6-2-1-3-7-23/h4-5,8-9,18H,1-3,6-7H2,(H2,19,20,21,22,24). The van der Waals surface area contributed by atoms with Crippen LogP contribution in [0.15, 0.2) is 28.7 Å². The van der Waals surface area contributed by atoms with Crippen molar-refractivity contribution < 1.29 is 4.79 Å². The molecule has 1 aromatic carbocycles. The van der Waals surface area contributed by atoms with E-state index in [1.807, 2.05) is 24.3 Å². The Balaban J connectivity index is 1.49. The maximum absolute atomic E-state index is 12.4. The number of hydrogen-bond acceptors (Lipinski definition) is 4. The lowest BCUT2D eigenvalue weighted by Crippen LogP contribution is -2.30. The molecule has 0 saturated carbocycles. The monoisotopic (exact) mass is 388 g/mol. The molecule has 3 aromatic rings. The van der Waals surface area contributed by atoms with Crippen molar-refractivity contribution in [2.45, 2.75) is 19.3 Å². The first-order valence-corrected chi connectivity index (χ1v) is 8.75. The molecule has 1 aliphatic heterocycles. The van der Waals surface area contributed by atoms with Crippen molar-refractivity contribution in [3.8, 4) is 0 Å². The number of aromatic amines is 2. The van der Waals surface area contributed by atoms with E-state index in [2.05, 4.69) is 46.3 Å². The van der Waals surface area contributed by atoms with E-state index < -0.39 is 0 Å². The average molecular weight is 389 g/mol. The molecule has 4 rings (SSSR count). The Kier molecular flexibility index (Phi) is 3.97. The van der Waals surface area contributed by atoms with Crippen molar-refractivity contribution >= 4 is 44.6 Å². The summed E-state index contributed by atoms with van der Waals surface area (Å²) >= 11 is 3.42. The first kappa shape index (κ1) is 15.2. The summed E-state index contributed by atoms with van der Waals surface area (Å²) in [5.41, 5.74) is 1.39. The van der Waals surface area contributed by atoms with Gasteiger partial charge in [-0.1, -0.05) is 22.0 Å². The van der Waals surface area contributed by atoms with Crippen molar-refractivity contribution in [3.05, 3.63) is 34.4 Å². The fraction of sp³-hybridized carbons (Fsp3) is 0.312. The normalized spacial score (nSPS) is 15.0. The Morgan fingerprint density at radius 3 is 2.88 bits per heavy atom. The lowest BCUT2D eigenvalue weighted by molar-refractivity contribution is 0.102. The molecule has 3 N–H and O–H groups in total. The second kappa shape index (κ2) is 6.27. The minimum absolute atomic E-state index is 0.247. The van der Waals surface area contributed by atoms with Crippen LogP contribution in [0.5, 0.6) is 0 Å². The van der Waals surface area contributed by atoms with Gasteiger partial charge in [0, 0.05) is 28.5 Å². The summed E-state index contributed by atoms with van der Waals surface area (Å²) in [6.07, 6.45) is 3.56. The molecule has 2 aromatic heterocycles. The topological polar surface area (TPSA) is 89.7 Å². The van der Waals surface area contributed by atoms with E-state index in [0.29, 0.717) is 17.6 Å². The second-order valence-electron chi connectivity index (χ2n) is 5.90. The van der Waals surface area contributed by atoms with Crippen LogP contribution in [0.2, 0.25) is 0 Å². The van der Waals surface area contributed by atoms with Crippen molar-refractivity contribution in [2.75, 3.05) is 23.3 Å². The van der Waals surface area contributed by atoms with Crippen molar-refractivity contribution in [1.29, 1.82) is 0 Å². The van der Waals surface area contributed by atoms with Gasteiger partial charge in [0.15, 0.2) is 0 Å². The maximum atomic E-state index is 12.4. The molecule has 0 bridgehead atoms. The molecular formula is C16H17BrN6O. The highest BCUT2D eigenvalue weighted by Gasteiger charge is 2.17. The number of carbonyl (C=O) groups is 1. The summed E-state index contributed by atoms with van der Waals surface area (Å²) in [4.78, 5) is 22.0. The minimum Gasteiger partial charge on any atom is -0.350 e. The number of benzene rings is 1.